The third-order valence-electron chi connectivity index (χ3n) is 2.77. The zero-order valence-corrected chi connectivity index (χ0v) is 13.0. The second kappa shape index (κ2) is 8.50. The standard InChI is InChI=1S/C16H16N4O2S/c17-15(23)20-18-11-14(12-7-3-1-4-8-12)22-16(21)19-13-9-5-2-6-10-13/h1-11,14H,(H,19,21)(H3,17,20,23). The first-order valence-corrected chi connectivity index (χ1v) is 7.22. The lowest BCUT2D eigenvalue weighted by molar-refractivity contribution is 0.144. The van der Waals surface area contributed by atoms with Crippen molar-refractivity contribution in [1.82, 2.24) is 5.43 Å². The van der Waals surface area contributed by atoms with E-state index in [4.69, 9.17) is 10.5 Å². The predicted molar refractivity (Wildman–Crippen MR) is 94.1 cm³/mol. The van der Waals surface area contributed by atoms with Crippen LogP contribution in [0.5, 0.6) is 0 Å². The van der Waals surface area contributed by atoms with Crippen LogP contribution >= 0.6 is 12.2 Å². The third-order valence-corrected chi connectivity index (χ3v) is 2.86. The maximum absolute atomic E-state index is 12.0. The number of thiocarbonyl (C=S) groups is 1. The number of hydrogen-bond donors (Lipinski definition) is 3. The van der Waals surface area contributed by atoms with Crippen molar-refractivity contribution in [3.05, 3.63) is 66.2 Å². The van der Waals surface area contributed by atoms with Gasteiger partial charge in [0.05, 0.1) is 6.21 Å². The SMILES string of the molecule is NC(=S)NN=CC(OC(=O)Nc1ccccc1)c1ccccc1. The lowest BCUT2D eigenvalue weighted by Crippen LogP contribution is -2.25. The van der Waals surface area contributed by atoms with Gasteiger partial charge in [0.2, 0.25) is 0 Å². The maximum atomic E-state index is 12.0. The van der Waals surface area contributed by atoms with Gasteiger partial charge in [-0.1, -0.05) is 48.5 Å². The summed E-state index contributed by atoms with van der Waals surface area (Å²) in [4.78, 5) is 12.0. The van der Waals surface area contributed by atoms with E-state index >= 15 is 0 Å². The van der Waals surface area contributed by atoms with E-state index in [2.05, 4.69) is 28.1 Å². The highest BCUT2D eigenvalue weighted by Crippen LogP contribution is 2.16. The van der Waals surface area contributed by atoms with Gasteiger partial charge >= 0.3 is 6.09 Å². The van der Waals surface area contributed by atoms with Crippen molar-refractivity contribution < 1.29 is 9.53 Å². The molecule has 0 bridgehead atoms. The summed E-state index contributed by atoms with van der Waals surface area (Å²) in [5, 5.41) is 6.54. The number of carbonyl (C=O) groups is 1. The molecule has 0 aliphatic carbocycles. The monoisotopic (exact) mass is 328 g/mol. The molecule has 23 heavy (non-hydrogen) atoms. The molecular formula is C16H16N4O2S. The summed E-state index contributed by atoms with van der Waals surface area (Å²) in [6.07, 6.45) is 0.146. The Labute approximate surface area is 139 Å². The summed E-state index contributed by atoms with van der Waals surface area (Å²) in [5.74, 6) is 0. The topological polar surface area (TPSA) is 88.7 Å². The van der Waals surface area contributed by atoms with E-state index in [1.807, 2.05) is 48.5 Å². The lowest BCUT2D eigenvalue weighted by atomic mass is 10.1. The number of nitrogens with two attached hydrogens (primary N) is 1. The Morgan fingerprint density at radius 3 is 2.35 bits per heavy atom. The zero-order valence-electron chi connectivity index (χ0n) is 12.2. The largest absolute Gasteiger partial charge is 0.435 e. The first kappa shape index (κ1) is 16.4. The molecule has 2 rings (SSSR count). The summed E-state index contributed by atoms with van der Waals surface area (Å²) in [7, 11) is 0. The van der Waals surface area contributed by atoms with E-state index in [0.29, 0.717) is 5.69 Å². The zero-order chi connectivity index (χ0) is 16.5. The minimum absolute atomic E-state index is 0.0294. The Hall–Kier alpha value is -2.93. The number of hydrogen-bond acceptors (Lipinski definition) is 4. The Bertz CT molecular complexity index is 677. The van der Waals surface area contributed by atoms with Gasteiger partial charge < -0.3 is 10.5 Å². The molecule has 2 aromatic carbocycles. The van der Waals surface area contributed by atoms with Crippen LogP contribution in [0.2, 0.25) is 0 Å². The summed E-state index contributed by atoms with van der Waals surface area (Å²) in [6, 6.07) is 18.2. The Kier molecular flexibility index (Phi) is 6.07. The number of rotatable bonds is 5. The summed E-state index contributed by atoms with van der Waals surface area (Å²) < 4.78 is 5.40. The van der Waals surface area contributed by atoms with Gasteiger partial charge in [0.25, 0.3) is 0 Å². The van der Waals surface area contributed by atoms with Crippen LogP contribution in [0.25, 0.3) is 0 Å². The van der Waals surface area contributed by atoms with Crippen molar-refractivity contribution in [2.75, 3.05) is 5.32 Å². The molecule has 7 heteroatoms. The van der Waals surface area contributed by atoms with Crippen LogP contribution in [0.15, 0.2) is 65.8 Å². The highest BCUT2D eigenvalue weighted by Gasteiger charge is 2.14. The molecule has 1 amide bonds. The first-order valence-electron chi connectivity index (χ1n) is 6.81. The molecule has 4 N–H and O–H groups in total. The quantitative estimate of drug-likeness (QED) is 0.446. The molecule has 0 aliphatic heterocycles. The highest BCUT2D eigenvalue weighted by molar-refractivity contribution is 7.80. The lowest BCUT2D eigenvalue weighted by Gasteiger charge is -2.14. The van der Waals surface area contributed by atoms with Gasteiger partial charge in [-0.05, 0) is 29.9 Å². The van der Waals surface area contributed by atoms with Crippen LogP contribution in [0, 0.1) is 0 Å². The van der Waals surface area contributed by atoms with Crippen LogP contribution < -0.4 is 16.5 Å². The smallest absolute Gasteiger partial charge is 0.412 e. The van der Waals surface area contributed by atoms with Gasteiger partial charge in [-0.2, -0.15) is 5.10 Å². The van der Waals surface area contributed by atoms with Gasteiger partial charge in [-0.3, -0.25) is 10.7 Å². The molecule has 0 fully saturated rings. The fraction of sp³-hybridized carbons (Fsp3) is 0.0625. The average molecular weight is 328 g/mol. The average Bonchev–Trinajstić information content (AvgIpc) is 2.55. The van der Waals surface area contributed by atoms with E-state index in [0.717, 1.165) is 5.56 Å². The summed E-state index contributed by atoms with van der Waals surface area (Å²) in [5.41, 5.74) is 9.15. The molecule has 0 aromatic heterocycles. The summed E-state index contributed by atoms with van der Waals surface area (Å²) in [6.45, 7) is 0. The number of hydrazone groups is 1. The molecule has 0 heterocycles. The van der Waals surface area contributed by atoms with Crippen LogP contribution in [0.4, 0.5) is 10.5 Å². The van der Waals surface area contributed by atoms with Gasteiger partial charge in [-0.15, -0.1) is 0 Å². The molecular weight excluding hydrogens is 312 g/mol. The van der Waals surface area contributed by atoms with Crippen LogP contribution in [-0.4, -0.2) is 17.4 Å². The first-order chi connectivity index (χ1) is 11.1. The molecule has 2 aromatic rings. The van der Waals surface area contributed by atoms with Crippen LogP contribution in [0.1, 0.15) is 11.7 Å². The van der Waals surface area contributed by atoms with Gasteiger partial charge in [0.1, 0.15) is 0 Å². The molecule has 0 aliphatic rings. The van der Waals surface area contributed by atoms with Crippen molar-refractivity contribution in [1.29, 1.82) is 0 Å². The number of carbonyl (C=O) groups excluding carboxylic acids is 1. The summed E-state index contributed by atoms with van der Waals surface area (Å²) >= 11 is 4.67. The fourth-order valence-corrected chi connectivity index (χ4v) is 1.83. The molecule has 0 saturated carbocycles. The second-order valence-electron chi connectivity index (χ2n) is 4.48. The second-order valence-corrected chi connectivity index (χ2v) is 4.92. The van der Waals surface area contributed by atoms with E-state index < -0.39 is 12.2 Å². The number of para-hydroxylation sites is 1. The number of amides is 1. The molecule has 6 nitrogen and oxygen atoms in total. The van der Waals surface area contributed by atoms with Crippen molar-refractivity contribution >= 4 is 35.3 Å². The number of nitrogens with zero attached hydrogens (tertiary/aromatic N) is 1. The van der Waals surface area contributed by atoms with Crippen molar-refractivity contribution in [3.8, 4) is 0 Å². The van der Waals surface area contributed by atoms with Gasteiger partial charge in [0, 0.05) is 5.69 Å². The van der Waals surface area contributed by atoms with E-state index in [1.54, 1.807) is 12.1 Å². The van der Waals surface area contributed by atoms with E-state index in [1.165, 1.54) is 6.21 Å². The third kappa shape index (κ3) is 5.76. The maximum Gasteiger partial charge on any atom is 0.412 e. The van der Waals surface area contributed by atoms with Crippen molar-refractivity contribution in [3.63, 3.8) is 0 Å². The Morgan fingerprint density at radius 1 is 1.13 bits per heavy atom. The van der Waals surface area contributed by atoms with E-state index in [-0.39, 0.29) is 5.11 Å². The molecule has 1 atom stereocenters. The molecule has 0 saturated heterocycles. The minimum Gasteiger partial charge on any atom is -0.435 e. The van der Waals surface area contributed by atoms with Crippen LogP contribution in [0.3, 0.4) is 0 Å². The highest BCUT2D eigenvalue weighted by atomic mass is 32.1. The molecule has 0 spiro atoms. The predicted octanol–water partition coefficient (Wildman–Crippen LogP) is 2.80. The van der Waals surface area contributed by atoms with Gasteiger partial charge in [-0.25, -0.2) is 4.79 Å². The van der Waals surface area contributed by atoms with Crippen molar-refractivity contribution in [2.24, 2.45) is 10.8 Å². The van der Waals surface area contributed by atoms with Crippen molar-refractivity contribution in [2.45, 2.75) is 6.10 Å². The normalized spacial score (nSPS) is 11.7. The fourth-order valence-electron chi connectivity index (χ4n) is 1.78. The molecule has 118 valence electrons. The number of benzene rings is 2. The number of nitrogens with one attached hydrogen (secondary N) is 2. The molecule has 0 radical (unpaired) electrons. The number of ether oxygens (including phenoxy) is 1. The number of anilines is 1. The Balaban J connectivity index is 2.06. The Morgan fingerprint density at radius 2 is 1.74 bits per heavy atom. The minimum atomic E-state index is -0.679. The van der Waals surface area contributed by atoms with Crippen LogP contribution in [-0.2, 0) is 4.74 Å². The van der Waals surface area contributed by atoms with E-state index in [9.17, 15) is 4.79 Å². The molecule has 1 unspecified atom stereocenters. The van der Waals surface area contributed by atoms with Gasteiger partial charge in [0.15, 0.2) is 11.2 Å².